The lowest BCUT2D eigenvalue weighted by molar-refractivity contribution is -0.150. The Morgan fingerprint density at radius 2 is 1.08 bits per heavy atom. The number of fused-ring (bicyclic) bond motifs is 1. The maximum absolute atomic E-state index is 12.0. The molecule has 0 unspecified atom stereocenters. The fourth-order valence-electron chi connectivity index (χ4n) is 3.46. The molecule has 2 N–H and O–H groups in total. The predicted molar refractivity (Wildman–Crippen MR) is 174 cm³/mol. The van der Waals surface area contributed by atoms with Crippen molar-refractivity contribution in [2.75, 3.05) is 46.8 Å². The number of benzene rings is 2. The summed E-state index contributed by atoms with van der Waals surface area (Å²) in [6.45, 7) is 2.26. The van der Waals surface area contributed by atoms with Crippen LogP contribution in [0.5, 0.6) is 0 Å². The second-order valence-electron chi connectivity index (χ2n) is 9.70. The number of carbonyl (C=O) groups excluding carboxylic acids is 8. The van der Waals surface area contributed by atoms with E-state index in [2.05, 4.69) is 9.47 Å². The smallest absolute Gasteiger partial charge is 0.346 e. The van der Waals surface area contributed by atoms with Gasteiger partial charge in [-0.3, -0.25) is 4.79 Å². The van der Waals surface area contributed by atoms with E-state index in [0.29, 0.717) is 30.6 Å². The Morgan fingerprint density at radius 1 is 0.627 bits per heavy atom. The predicted octanol–water partition coefficient (Wildman–Crippen LogP) is 2.10. The summed E-state index contributed by atoms with van der Waals surface area (Å²) in [6.07, 6.45) is 5.46. The monoisotopic (exact) mass is 714 g/mol. The molecule has 0 atom stereocenters. The quantitative estimate of drug-likeness (QED) is 0.0712. The third-order valence-corrected chi connectivity index (χ3v) is 5.81. The van der Waals surface area contributed by atoms with Crippen molar-refractivity contribution in [3.63, 3.8) is 0 Å². The van der Waals surface area contributed by atoms with Crippen LogP contribution < -0.4 is 0 Å². The molecule has 2 aliphatic rings. The van der Waals surface area contributed by atoms with E-state index in [1.165, 1.54) is 13.0 Å². The Kier molecular flexibility index (Phi) is 21.3. The zero-order valence-corrected chi connectivity index (χ0v) is 27.9. The molecular weight excluding hydrogens is 676 g/mol. The Hall–Kier alpha value is -5.84. The van der Waals surface area contributed by atoms with Gasteiger partial charge in [-0.1, -0.05) is 30.3 Å². The summed E-state index contributed by atoms with van der Waals surface area (Å²) >= 11 is 0. The van der Waals surface area contributed by atoms with Gasteiger partial charge in [0.2, 0.25) is 0 Å². The van der Waals surface area contributed by atoms with Crippen LogP contribution in [0.25, 0.3) is 0 Å². The van der Waals surface area contributed by atoms with Crippen molar-refractivity contribution in [1.82, 2.24) is 0 Å². The zero-order chi connectivity index (χ0) is 38.0. The van der Waals surface area contributed by atoms with Gasteiger partial charge in [-0.25, -0.2) is 33.6 Å². The molecule has 2 aromatic carbocycles. The fraction of sp³-hybridized carbons (Fsp3) is 0.314. The van der Waals surface area contributed by atoms with Gasteiger partial charge in [0, 0.05) is 69.6 Å². The molecule has 0 aliphatic carbocycles. The summed E-state index contributed by atoms with van der Waals surface area (Å²) in [6, 6.07) is 12.9. The Balaban J connectivity index is 0.000000450. The first-order chi connectivity index (χ1) is 24.4. The molecule has 0 spiro atoms. The highest BCUT2D eigenvalue weighted by molar-refractivity contribution is 6.14. The van der Waals surface area contributed by atoms with Crippen LogP contribution in [0.2, 0.25) is 0 Å². The second kappa shape index (κ2) is 25.2. The maximum atomic E-state index is 12.0. The molecular formula is C35H38O16. The highest BCUT2D eigenvalue weighted by Crippen LogP contribution is 2.18. The van der Waals surface area contributed by atoms with E-state index in [9.17, 15) is 38.4 Å². The molecule has 2 heterocycles. The standard InChI is InChI=1S/C20H24O8.C8H4O3.C4H2O3.C3H8O2/c1-15(21)16-7-3-4-8-17(16)20(24)28-14-6-13-27-19(23)10-9-18(22)26-12-5-11-25-2;9-7-5-3-1-2-4-6(5)8(10)11-7;5-3-1-2-4(6)7-3;4-2-1-3-5/h3-4,7-10H,5-6,11-14H2,1-2H3;1-4H;1-2H;4-5H,1-3H2/b10-9+;;;. The number of carbonyl (C=O) groups is 8. The van der Waals surface area contributed by atoms with Crippen LogP contribution in [0.4, 0.5) is 0 Å². The largest absolute Gasteiger partial charge is 0.462 e. The minimum absolute atomic E-state index is 0.00763. The number of methoxy groups -OCH3 is 1. The Morgan fingerprint density at radius 3 is 1.49 bits per heavy atom. The Bertz CT molecular complexity index is 1520. The fourth-order valence-corrected chi connectivity index (χ4v) is 3.46. The second-order valence-corrected chi connectivity index (χ2v) is 9.70. The number of hydrogen-bond acceptors (Lipinski definition) is 16. The third-order valence-electron chi connectivity index (χ3n) is 5.81. The summed E-state index contributed by atoms with van der Waals surface area (Å²) in [4.78, 5) is 87.9. The van der Waals surface area contributed by atoms with Gasteiger partial charge < -0.3 is 38.6 Å². The number of aliphatic hydroxyl groups is 2. The van der Waals surface area contributed by atoms with Crippen LogP contribution in [0.3, 0.4) is 0 Å². The molecule has 0 aromatic heterocycles. The normalized spacial score (nSPS) is 12.2. The van der Waals surface area contributed by atoms with Crippen molar-refractivity contribution in [1.29, 1.82) is 0 Å². The summed E-state index contributed by atoms with van der Waals surface area (Å²) in [7, 11) is 1.55. The number of cyclic esters (lactones) is 4. The molecule has 2 aromatic rings. The van der Waals surface area contributed by atoms with Crippen LogP contribution in [0.1, 0.15) is 67.6 Å². The average molecular weight is 715 g/mol. The SMILES string of the molecule is COCCCOC(=O)/C=C/C(=O)OCCCOC(=O)c1ccccc1C(C)=O.O=C1C=CC(=O)O1.O=C1OC(=O)c2ccccc21.OCCCO. The molecule has 0 bridgehead atoms. The van der Waals surface area contributed by atoms with Crippen molar-refractivity contribution in [2.45, 2.75) is 26.2 Å². The Labute approximate surface area is 292 Å². The van der Waals surface area contributed by atoms with Gasteiger partial charge in [-0.2, -0.15) is 0 Å². The lowest BCUT2D eigenvalue weighted by Gasteiger charge is -2.07. The molecule has 0 fully saturated rings. The lowest BCUT2D eigenvalue weighted by atomic mass is 10.0. The van der Waals surface area contributed by atoms with Crippen LogP contribution in [-0.4, -0.2) is 105 Å². The van der Waals surface area contributed by atoms with E-state index in [0.717, 1.165) is 24.3 Å². The van der Waals surface area contributed by atoms with Crippen molar-refractivity contribution < 1.29 is 77.0 Å². The van der Waals surface area contributed by atoms with Gasteiger partial charge in [0.15, 0.2) is 5.78 Å². The number of aliphatic hydroxyl groups excluding tert-OH is 2. The molecule has 51 heavy (non-hydrogen) atoms. The molecule has 0 radical (unpaired) electrons. The molecule has 4 rings (SSSR count). The lowest BCUT2D eigenvalue weighted by Crippen LogP contribution is -2.13. The van der Waals surface area contributed by atoms with Crippen molar-refractivity contribution in [3.05, 3.63) is 95.1 Å². The van der Waals surface area contributed by atoms with Crippen LogP contribution in [0, 0.1) is 0 Å². The number of rotatable bonds is 14. The molecule has 0 saturated carbocycles. The highest BCUT2D eigenvalue weighted by atomic mass is 16.6. The molecule has 0 amide bonds. The van der Waals surface area contributed by atoms with Gasteiger partial charge in [-0.15, -0.1) is 0 Å². The number of esters is 7. The van der Waals surface area contributed by atoms with E-state index in [4.69, 9.17) is 29.2 Å². The van der Waals surface area contributed by atoms with Crippen molar-refractivity contribution in [3.8, 4) is 0 Å². The number of Topliss-reactive ketones (excluding diaryl/α,β-unsaturated/α-hetero) is 1. The van der Waals surface area contributed by atoms with Crippen molar-refractivity contribution in [2.24, 2.45) is 0 Å². The van der Waals surface area contributed by atoms with E-state index < -0.39 is 41.8 Å². The number of ketones is 1. The molecule has 2 aliphatic heterocycles. The van der Waals surface area contributed by atoms with Crippen LogP contribution >= 0.6 is 0 Å². The minimum Gasteiger partial charge on any atom is -0.462 e. The topological polar surface area (TPSA) is 232 Å². The van der Waals surface area contributed by atoms with Gasteiger partial charge in [0.25, 0.3) is 0 Å². The first-order valence-electron chi connectivity index (χ1n) is 15.2. The first kappa shape index (κ1) is 43.2. The first-order valence-corrected chi connectivity index (χ1v) is 15.2. The van der Waals surface area contributed by atoms with E-state index >= 15 is 0 Å². The summed E-state index contributed by atoms with van der Waals surface area (Å²) in [5, 5.41) is 15.8. The van der Waals surface area contributed by atoms with Gasteiger partial charge in [0.1, 0.15) is 0 Å². The van der Waals surface area contributed by atoms with Gasteiger partial charge >= 0.3 is 41.8 Å². The molecule has 274 valence electrons. The summed E-state index contributed by atoms with van der Waals surface area (Å²) in [5.74, 6) is -4.46. The average Bonchev–Trinajstić information content (AvgIpc) is 3.65. The number of ether oxygens (including phenoxy) is 6. The van der Waals surface area contributed by atoms with Gasteiger partial charge in [0.05, 0.1) is 36.5 Å². The maximum Gasteiger partial charge on any atom is 0.346 e. The molecule has 0 saturated heterocycles. The van der Waals surface area contributed by atoms with E-state index in [-0.39, 0.29) is 56.4 Å². The summed E-state index contributed by atoms with van der Waals surface area (Å²) in [5.41, 5.74) is 1.20. The van der Waals surface area contributed by atoms with E-state index in [1.807, 2.05) is 0 Å². The summed E-state index contributed by atoms with van der Waals surface area (Å²) < 4.78 is 27.9. The van der Waals surface area contributed by atoms with E-state index in [1.54, 1.807) is 49.6 Å². The highest BCUT2D eigenvalue weighted by Gasteiger charge is 2.28. The van der Waals surface area contributed by atoms with Crippen molar-refractivity contribution >= 4 is 47.6 Å². The van der Waals surface area contributed by atoms with Crippen LogP contribution in [0.15, 0.2) is 72.8 Å². The molecule has 16 nitrogen and oxygen atoms in total. The zero-order valence-electron chi connectivity index (χ0n) is 27.9. The molecule has 16 heteroatoms. The van der Waals surface area contributed by atoms with Crippen LogP contribution in [-0.2, 0) is 47.6 Å². The van der Waals surface area contributed by atoms with Gasteiger partial charge in [-0.05, 0) is 31.5 Å². The third kappa shape index (κ3) is 17.9. The number of hydrogen-bond donors (Lipinski definition) is 2. The minimum atomic E-state index is -0.706.